The minimum Gasteiger partial charge on any atom is -0.496 e. The second-order valence-electron chi connectivity index (χ2n) is 6.34. The van der Waals surface area contributed by atoms with Gasteiger partial charge in [-0.15, -0.1) is 0 Å². The number of fused-ring (bicyclic) bond motifs is 1. The number of benzene rings is 2. The van der Waals surface area contributed by atoms with Crippen molar-refractivity contribution in [3.63, 3.8) is 0 Å². The van der Waals surface area contributed by atoms with Crippen LogP contribution in [0.15, 0.2) is 51.8 Å². The van der Waals surface area contributed by atoms with Gasteiger partial charge < -0.3 is 19.8 Å². The second kappa shape index (κ2) is 7.54. The zero-order valence-corrected chi connectivity index (χ0v) is 15.9. The predicted molar refractivity (Wildman–Crippen MR) is 110 cm³/mol. The van der Waals surface area contributed by atoms with Crippen molar-refractivity contribution in [2.45, 2.75) is 6.92 Å². The summed E-state index contributed by atoms with van der Waals surface area (Å²) < 4.78 is 10.3. The molecule has 2 aromatic carbocycles. The number of methoxy groups -OCH3 is 1. The number of oxazole rings is 1. The van der Waals surface area contributed by atoms with Crippen LogP contribution in [0.4, 0.5) is 28.8 Å². The van der Waals surface area contributed by atoms with Crippen molar-refractivity contribution in [2.24, 2.45) is 0 Å². The first-order valence-electron chi connectivity index (χ1n) is 8.76. The van der Waals surface area contributed by atoms with Crippen LogP contribution in [0.3, 0.4) is 0 Å². The number of ether oxygens (including phenoxy) is 1. The van der Waals surface area contributed by atoms with Crippen LogP contribution in [-0.2, 0) is 0 Å². The van der Waals surface area contributed by atoms with Crippen LogP contribution >= 0.6 is 0 Å². The summed E-state index contributed by atoms with van der Waals surface area (Å²) in [6.07, 6.45) is 1.11. The molecule has 0 atom stereocenters. The van der Waals surface area contributed by atoms with Gasteiger partial charge in [0.1, 0.15) is 11.9 Å². The van der Waals surface area contributed by atoms with E-state index in [1.54, 1.807) is 31.4 Å². The van der Waals surface area contributed by atoms with Crippen LogP contribution in [0.2, 0.25) is 0 Å². The molecule has 3 N–H and O–H groups in total. The third kappa shape index (κ3) is 3.76. The number of anilines is 4. The van der Waals surface area contributed by atoms with Crippen molar-refractivity contribution in [3.8, 4) is 5.75 Å². The molecule has 0 fully saturated rings. The van der Waals surface area contributed by atoms with Crippen molar-refractivity contribution >= 4 is 39.9 Å². The molecule has 0 saturated heterocycles. The fourth-order valence-electron chi connectivity index (χ4n) is 2.85. The smallest absolute Gasteiger partial charge is 0.417 e. The van der Waals surface area contributed by atoms with E-state index in [4.69, 9.17) is 9.15 Å². The zero-order valence-electron chi connectivity index (χ0n) is 15.9. The molecule has 30 heavy (non-hydrogen) atoms. The molecule has 2 aromatic heterocycles. The molecular formula is C19H16N6O5. The Bertz CT molecular complexity index is 1310. The van der Waals surface area contributed by atoms with Gasteiger partial charge in [-0.05, 0) is 36.8 Å². The average Bonchev–Trinajstić information content (AvgIpc) is 3.08. The Labute approximate surface area is 168 Å². The lowest BCUT2D eigenvalue weighted by Crippen LogP contribution is -2.04. The number of hydrogen-bond acceptors (Lipinski definition) is 9. The van der Waals surface area contributed by atoms with Gasteiger partial charge in [0, 0.05) is 17.4 Å². The van der Waals surface area contributed by atoms with Crippen molar-refractivity contribution in [2.75, 3.05) is 17.7 Å². The number of aryl methyl sites for hydroxylation is 1. The summed E-state index contributed by atoms with van der Waals surface area (Å²) in [7, 11) is 1.57. The molecule has 0 bridgehead atoms. The Morgan fingerprint density at radius 3 is 2.70 bits per heavy atom. The lowest BCUT2D eigenvalue weighted by Gasteiger charge is -2.11. The highest BCUT2D eigenvalue weighted by atomic mass is 16.6. The number of H-pyrrole nitrogens is 1. The Morgan fingerprint density at radius 2 is 1.93 bits per heavy atom. The first-order chi connectivity index (χ1) is 14.4. The largest absolute Gasteiger partial charge is 0.496 e. The van der Waals surface area contributed by atoms with Gasteiger partial charge in [0.15, 0.2) is 5.58 Å². The van der Waals surface area contributed by atoms with Gasteiger partial charge in [-0.3, -0.25) is 15.1 Å². The third-order valence-electron chi connectivity index (χ3n) is 4.31. The van der Waals surface area contributed by atoms with E-state index in [-0.39, 0.29) is 17.5 Å². The van der Waals surface area contributed by atoms with Gasteiger partial charge in [0.2, 0.25) is 11.8 Å². The molecule has 0 aliphatic carbocycles. The third-order valence-corrected chi connectivity index (χ3v) is 4.31. The highest BCUT2D eigenvalue weighted by Gasteiger charge is 2.18. The number of rotatable bonds is 6. The molecule has 0 aliphatic rings. The Kier molecular flexibility index (Phi) is 4.76. The van der Waals surface area contributed by atoms with Crippen molar-refractivity contribution in [3.05, 3.63) is 68.8 Å². The van der Waals surface area contributed by atoms with Gasteiger partial charge in [0.05, 0.1) is 17.5 Å². The summed E-state index contributed by atoms with van der Waals surface area (Å²) >= 11 is 0. The fraction of sp³-hybridized carbons (Fsp3) is 0.105. The molecule has 11 heteroatoms. The summed E-state index contributed by atoms with van der Waals surface area (Å²) in [6.45, 7) is 1.91. The molecule has 0 saturated carbocycles. The lowest BCUT2D eigenvalue weighted by molar-refractivity contribution is -0.384. The topological polar surface area (TPSA) is 148 Å². The molecule has 0 radical (unpaired) electrons. The van der Waals surface area contributed by atoms with Crippen LogP contribution in [0.5, 0.6) is 5.75 Å². The zero-order chi connectivity index (χ0) is 21.3. The van der Waals surface area contributed by atoms with Crippen molar-refractivity contribution in [1.82, 2.24) is 15.0 Å². The maximum atomic E-state index is 11.4. The van der Waals surface area contributed by atoms with Crippen LogP contribution in [0, 0.1) is 17.0 Å². The molecule has 0 unspecified atom stereocenters. The molecule has 0 spiro atoms. The minimum atomic E-state index is -0.588. The van der Waals surface area contributed by atoms with Crippen molar-refractivity contribution in [1.29, 1.82) is 0 Å². The van der Waals surface area contributed by atoms with Gasteiger partial charge in [-0.2, -0.15) is 4.98 Å². The van der Waals surface area contributed by atoms with E-state index < -0.39 is 10.7 Å². The maximum Gasteiger partial charge on any atom is 0.417 e. The Morgan fingerprint density at radius 1 is 1.17 bits per heavy atom. The summed E-state index contributed by atoms with van der Waals surface area (Å²) in [6, 6.07) is 10.2. The maximum absolute atomic E-state index is 11.4. The van der Waals surface area contributed by atoms with Gasteiger partial charge in [-0.25, -0.2) is 9.78 Å². The molecule has 4 aromatic rings. The summed E-state index contributed by atoms with van der Waals surface area (Å²) in [5, 5.41) is 17.3. The van der Waals surface area contributed by atoms with E-state index in [0.717, 1.165) is 11.8 Å². The number of aromatic amines is 1. The SMILES string of the molecule is COc1cc(Nc2ncc([N+](=O)[O-])c(Nc3ccc4oc(=O)[nH]c4c3)n2)ccc1C. The van der Waals surface area contributed by atoms with Crippen LogP contribution < -0.4 is 21.1 Å². The highest BCUT2D eigenvalue weighted by Crippen LogP contribution is 2.29. The molecule has 11 nitrogen and oxygen atoms in total. The minimum absolute atomic E-state index is 0.0123. The fourth-order valence-corrected chi connectivity index (χ4v) is 2.85. The highest BCUT2D eigenvalue weighted by molar-refractivity contribution is 5.79. The average molecular weight is 408 g/mol. The summed E-state index contributed by atoms with van der Waals surface area (Å²) in [5.41, 5.74) is 2.62. The number of aromatic nitrogens is 3. The Hall–Kier alpha value is -4.41. The molecular weight excluding hydrogens is 392 g/mol. The number of hydrogen-bond donors (Lipinski definition) is 3. The first kappa shape index (κ1) is 18.9. The summed E-state index contributed by atoms with van der Waals surface area (Å²) in [4.78, 5) is 32.9. The Balaban J connectivity index is 1.67. The monoisotopic (exact) mass is 408 g/mol. The van der Waals surface area contributed by atoms with Crippen LogP contribution in [0.25, 0.3) is 11.1 Å². The molecule has 152 valence electrons. The van der Waals surface area contributed by atoms with E-state index >= 15 is 0 Å². The van der Waals surface area contributed by atoms with Gasteiger partial charge in [-0.1, -0.05) is 6.07 Å². The van der Waals surface area contributed by atoms with E-state index in [2.05, 4.69) is 25.6 Å². The van der Waals surface area contributed by atoms with E-state index in [0.29, 0.717) is 28.2 Å². The predicted octanol–water partition coefficient (Wildman–Crippen LogP) is 3.62. The standard InChI is InChI=1S/C19H16N6O5/c1-10-3-4-12(8-16(10)29-2)22-18-20-9-14(25(27)28)17(24-18)21-11-5-6-15-13(7-11)23-19(26)30-15/h3-9H,1-2H3,(H,23,26)(H2,20,21,22,24). The normalized spacial score (nSPS) is 10.7. The van der Waals surface area contributed by atoms with Gasteiger partial charge in [0.25, 0.3) is 0 Å². The molecule has 0 amide bonds. The van der Waals surface area contributed by atoms with E-state index in [1.165, 1.54) is 0 Å². The molecule has 2 heterocycles. The van der Waals surface area contributed by atoms with Crippen molar-refractivity contribution < 1.29 is 14.1 Å². The first-order valence-corrected chi connectivity index (χ1v) is 8.76. The van der Waals surface area contributed by atoms with E-state index in [1.807, 2.05) is 19.1 Å². The van der Waals surface area contributed by atoms with Gasteiger partial charge >= 0.3 is 11.4 Å². The number of nitrogens with one attached hydrogen (secondary N) is 3. The quantitative estimate of drug-likeness (QED) is 0.321. The number of nitro groups is 1. The van der Waals surface area contributed by atoms with Crippen LogP contribution in [0.1, 0.15) is 5.56 Å². The second-order valence-corrected chi connectivity index (χ2v) is 6.34. The summed E-state index contributed by atoms with van der Waals surface area (Å²) in [5.74, 6) is 0.242. The van der Waals surface area contributed by atoms with E-state index in [9.17, 15) is 14.9 Å². The molecule has 0 aliphatic heterocycles. The lowest BCUT2D eigenvalue weighted by atomic mass is 10.2. The molecule has 4 rings (SSSR count). The number of nitrogens with zero attached hydrogens (tertiary/aromatic N) is 3. The van der Waals surface area contributed by atoms with Crippen LogP contribution in [-0.4, -0.2) is 27.0 Å².